The molecule has 3 heterocycles. The van der Waals surface area contributed by atoms with E-state index in [1.165, 1.54) is 12.1 Å². The van der Waals surface area contributed by atoms with Crippen molar-refractivity contribution in [2.75, 3.05) is 43.1 Å². The molecule has 0 aliphatic carbocycles. The summed E-state index contributed by atoms with van der Waals surface area (Å²) in [6, 6.07) is 18.2. The number of para-hydroxylation sites is 1. The normalized spacial score (nSPS) is 17.6. The number of nitrogens with one attached hydrogen (secondary N) is 2. The largest absolute Gasteiger partial charge is 0.439 e. The van der Waals surface area contributed by atoms with Crippen molar-refractivity contribution in [2.45, 2.75) is 38.0 Å². The first-order chi connectivity index (χ1) is 18.5. The van der Waals surface area contributed by atoms with Crippen LogP contribution in [0.3, 0.4) is 0 Å². The van der Waals surface area contributed by atoms with Gasteiger partial charge in [-0.15, -0.1) is 0 Å². The first-order valence-electron chi connectivity index (χ1n) is 13.2. The van der Waals surface area contributed by atoms with Gasteiger partial charge in [0.1, 0.15) is 17.4 Å². The Morgan fingerprint density at radius 1 is 1.08 bits per heavy atom. The topological polar surface area (TPSA) is 71.5 Å². The molecule has 2 aliphatic heterocycles. The maximum atomic E-state index is 13.6. The summed E-state index contributed by atoms with van der Waals surface area (Å²) in [7, 11) is 0. The maximum absolute atomic E-state index is 13.6. The molecule has 7 nitrogen and oxygen atoms in total. The average molecular weight is 536 g/mol. The van der Waals surface area contributed by atoms with Crippen LogP contribution < -0.4 is 20.3 Å². The van der Waals surface area contributed by atoms with Crippen LogP contribution in [0.25, 0.3) is 0 Å². The quantitative estimate of drug-likeness (QED) is 0.375. The Hall–Kier alpha value is -3.30. The van der Waals surface area contributed by atoms with Crippen molar-refractivity contribution < 1.29 is 13.9 Å². The first kappa shape index (κ1) is 26.3. The molecule has 2 fully saturated rings. The second-order valence-corrected chi connectivity index (χ2v) is 10.6. The van der Waals surface area contributed by atoms with Crippen molar-refractivity contribution in [1.82, 2.24) is 15.3 Å². The Kier molecular flexibility index (Phi) is 8.34. The third-order valence-electron chi connectivity index (χ3n) is 7.48. The number of rotatable bonds is 7. The zero-order chi connectivity index (χ0) is 26.4. The van der Waals surface area contributed by atoms with Crippen molar-refractivity contribution >= 4 is 29.1 Å². The zero-order valence-electron chi connectivity index (χ0n) is 21.7. The van der Waals surface area contributed by atoms with Crippen LogP contribution in [-0.2, 0) is 10.2 Å². The fourth-order valence-electron chi connectivity index (χ4n) is 5.06. The van der Waals surface area contributed by atoms with Crippen molar-refractivity contribution in [3.8, 4) is 11.6 Å². The summed E-state index contributed by atoms with van der Waals surface area (Å²) in [5.41, 5.74) is 0.876. The second kappa shape index (κ2) is 12.0. The minimum atomic E-state index is -0.241. The Balaban J connectivity index is 1.32. The highest BCUT2D eigenvalue weighted by atomic mass is 32.1. The molecule has 1 aromatic heterocycles. The third kappa shape index (κ3) is 6.57. The Bertz CT molecular complexity index is 1210. The minimum Gasteiger partial charge on any atom is -0.439 e. The molecule has 38 heavy (non-hydrogen) atoms. The summed E-state index contributed by atoms with van der Waals surface area (Å²) in [4.78, 5) is 11.6. The molecule has 0 radical (unpaired) electrons. The lowest BCUT2D eigenvalue weighted by Gasteiger charge is -2.38. The molecule has 2 aromatic carbocycles. The monoisotopic (exact) mass is 535 g/mol. The SMILES string of the molecule is CC1CCN(c2cc(Oc3ccccc3)nc(NC(=S)NCC3(c4ccc(F)cc4)CCOCC3)n2)CC1. The Labute approximate surface area is 228 Å². The van der Waals surface area contributed by atoms with Crippen LogP contribution in [0.15, 0.2) is 60.7 Å². The van der Waals surface area contributed by atoms with E-state index in [0.717, 1.165) is 50.2 Å². The van der Waals surface area contributed by atoms with E-state index < -0.39 is 0 Å². The van der Waals surface area contributed by atoms with Gasteiger partial charge in [-0.05, 0) is 73.6 Å². The molecule has 0 unspecified atom stereocenters. The smallest absolute Gasteiger partial charge is 0.234 e. The second-order valence-electron chi connectivity index (χ2n) is 10.2. The Morgan fingerprint density at radius 2 is 1.79 bits per heavy atom. The molecule has 3 aromatic rings. The summed E-state index contributed by atoms with van der Waals surface area (Å²) in [6.07, 6.45) is 3.89. The van der Waals surface area contributed by atoms with Gasteiger partial charge in [0.2, 0.25) is 11.8 Å². The van der Waals surface area contributed by atoms with Gasteiger partial charge >= 0.3 is 0 Å². The van der Waals surface area contributed by atoms with Gasteiger partial charge < -0.3 is 25.0 Å². The summed E-state index contributed by atoms with van der Waals surface area (Å²) < 4.78 is 25.3. The van der Waals surface area contributed by atoms with E-state index in [4.69, 9.17) is 26.7 Å². The van der Waals surface area contributed by atoms with Gasteiger partial charge in [-0.1, -0.05) is 37.3 Å². The van der Waals surface area contributed by atoms with Gasteiger partial charge in [-0.2, -0.15) is 9.97 Å². The highest BCUT2D eigenvalue weighted by molar-refractivity contribution is 7.80. The van der Waals surface area contributed by atoms with Crippen molar-refractivity contribution in [3.63, 3.8) is 0 Å². The number of hydrogen-bond donors (Lipinski definition) is 2. The number of aromatic nitrogens is 2. The van der Waals surface area contributed by atoms with Gasteiger partial charge in [-0.3, -0.25) is 0 Å². The minimum absolute atomic E-state index is 0.202. The van der Waals surface area contributed by atoms with Crippen molar-refractivity contribution in [3.05, 3.63) is 72.0 Å². The molecule has 0 saturated carbocycles. The fourth-order valence-corrected chi connectivity index (χ4v) is 5.22. The number of benzene rings is 2. The van der Waals surface area contributed by atoms with Gasteiger partial charge in [0, 0.05) is 44.3 Å². The standard InChI is InChI=1S/C29H34FN5O2S/c1-21-11-15-35(16-12-21)25-19-26(37-24-5-3-2-4-6-24)33-27(32-25)34-28(38)31-20-29(13-17-36-18-14-29)22-7-9-23(30)10-8-22/h2-10,19,21H,11-18,20H2,1H3,(H2,31,32,33,34,38). The molecule has 5 rings (SSSR count). The lowest BCUT2D eigenvalue weighted by molar-refractivity contribution is 0.0515. The number of halogens is 1. The molecule has 2 N–H and O–H groups in total. The van der Waals surface area contributed by atoms with Crippen molar-refractivity contribution in [1.29, 1.82) is 0 Å². The molecular formula is C29H34FN5O2S. The van der Waals surface area contributed by atoms with Crippen LogP contribution in [0.2, 0.25) is 0 Å². The van der Waals surface area contributed by atoms with E-state index in [-0.39, 0.29) is 11.2 Å². The number of nitrogens with zero attached hydrogens (tertiary/aromatic N) is 3. The van der Waals surface area contributed by atoms with Crippen LogP contribution in [0.4, 0.5) is 16.2 Å². The van der Waals surface area contributed by atoms with Crippen LogP contribution in [0.1, 0.15) is 38.2 Å². The number of thiocarbonyl (C=S) groups is 1. The van der Waals surface area contributed by atoms with Crippen LogP contribution in [0.5, 0.6) is 11.6 Å². The molecule has 0 spiro atoms. The van der Waals surface area contributed by atoms with E-state index in [9.17, 15) is 4.39 Å². The van der Waals surface area contributed by atoms with E-state index in [1.54, 1.807) is 0 Å². The summed E-state index contributed by atoms with van der Waals surface area (Å²) in [5.74, 6) is 2.83. The van der Waals surface area contributed by atoms with E-state index >= 15 is 0 Å². The number of anilines is 2. The van der Waals surface area contributed by atoms with Gasteiger partial charge in [0.25, 0.3) is 0 Å². The lowest BCUT2D eigenvalue weighted by atomic mass is 9.74. The van der Waals surface area contributed by atoms with Gasteiger partial charge in [-0.25, -0.2) is 4.39 Å². The molecule has 2 saturated heterocycles. The van der Waals surface area contributed by atoms with E-state index in [0.29, 0.717) is 48.4 Å². The number of ether oxygens (including phenoxy) is 2. The molecule has 0 amide bonds. The highest BCUT2D eigenvalue weighted by Gasteiger charge is 2.34. The highest BCUT2D eigenvalue weighted by Crippen LogP contribution is 2.34. The lowest BCUT2D eigenvalue weighted by Crippen LogP contribution is -2.45. The number of piperidine rings is 1. The van der Waals surface area contributed by atoms with Crippen molar-refractivity contribution in [2.24, 2.45) is 5.92 Å². The predicted molar refractivity (Wildman–Crippen MR) is 152 cm³/mol. The molecule has 0 bridgehead atoms. The van der Waals surface area contributed by atoms with E-state index in [2.05, 4.69) is 27.4 Å². The predicted octanol–water partition coefficient (Wildman–Crippen LogP) is 5.68. The summed E-state index contributed by atoms with van der Waals surface area (Å²) in [6.45, 7) is 6.05. The van der Waals surface area contributed by atoms with Crippen LogP contribution >= 0.6 is 12.2 Å². The molecule has 200 valence electrons. The first-order valence-corrected chi connectivity index (χ1v) is 13.7. The molecular weight excluding hydrogens is 501 g/mol. The van der Waals surface area contributed by atoms with Crippen LogP contribution in [0, 0.1) is 11.7 Å². The summed E-state index contributed by atoms with van der Waals surface area (Å²) >= 11 is 5.67. The number of hydrogen-bond acceptors (Lipinski definition) is 6. The van der Waals surface area contributed by atoms with Crippen LogP contribution in [-0.4, -0.2) is 47.9 Å². The molecule has 0 atom stereocenters. The van der Waals surface area contributed by atoms with E-state index in [1.807, 2.05) is 48.5 Å². The molecule has 9 heteroatoms. The zero-order valence-corrected chi connectivity index (χ0v) is 22.5. The average Bonchev–Trinajstić information content (AvgIpc) is 2.94. The molecule has 2 aliphatic rings. The fraction of sp³-hybridized carbons (Fsp3) is 0.414. The summed E-state index contributed by atoms with van der Waals surface area (Å²) in [5, 5.41) is 6.96. The van der Waals surface area contributed by atoms with Gasteiger partial charge in [0.15, 0.2) is 5.11 Å². The third-order valence-corrected chi connectivity index (χ3v) is 7.73. The van der Waals surface area contributed by atoms with Gasteiger partial charge in [0.05, 0.1) is 0 Å². The Morgan fingerprint density at radius 3 is 2.50 bits per heavy atom. The maximum Gasteiger partial charge on any atom is 0.234 e.